The normalized spacial score (nSPS) is 13.7. The molecule has 0 saturated heterocycles. The fourth-order valence-electron chi connectivity index (χ4n) is 2.89. The summed E-state index contributed by atoms with van der Waals surface area (Å²) in [5, 5.41) is 15.0. The van der Waals surface area contributed by atoms with E-state index < -0.39 is 0 Å². The second-order valence-corrected chi connectivity index (χ2v) is 8.45. The van der Waals surface area contributed by atoms with Crippen LogP contribution in [-0.4, -0.2) is 62.7 Å². The highest BCUT2D eigenvalue weighted by molar-refractivity contribution is 7.18. The monoisotopic (exact) mass is 448 g/mol. The molecule has 2 heterocycles. The number of amidine groups is 1. The van der Waals surface area contributed by atoms with Crippen LogP contribution in [0.3, 0.4) is 0 Å². The maximum atomic E-state index is 12.2. The Morgan fingerprint density at radius 1 is 1.30 bits per heavy atom. The summed E-state index contributed by atoms with van der Waals surface area (Å²) in [6.07, 6.45) is 1.92. The van der Waals surface area contributed by atoms with Crippen molar-refractivity contribution in [3.8, 4) is 0 Å². The van der Waals surface area contributed by atoms with Gasteiger partial charge in [-0.1, -0.05) is 11.6 Å². The van der Waals surface area contributed by atoms with Gasteiger partial charge in [0.1, 0.15) is 5.84 Å². The average molecular weight is 449 g/mol. The summed E-state index contributed by atoms with van der Waals surface area (Å²) in [4.78, 5) is 14.6. The van der Waals surface area contributed by atoms with Crippen molar-refractivity contribution in [2.75, 3.05) is 45.9 Å². The van der Waals surface area contributed by atoms with Crippen LogP contribution in [0.5, 0.6) is 0 Å². The van der Waals surface area contributed by atoms with Gasteiger partial charge in [-0.3, -0.25) is 15.2 Å². The molecule has 1 aromatic carbocycles. The third kappa shape index (κ3) is 5.31. The topological polar surface area (TPSA) is 83.9 Å². The number of amides is 1. The molecule has 1 aliphatic rings. The number of hydrazine groups is 2. The van der Waals surface area contributed by atoms with E-state index in [1.54, 1.807) is 19.2 Å². The van der Waals surface area contributed by atoms with E-state index in [0.717, 1.165) is 16.9 Å². The molecule has 0 atom stereocenters. The minimum Gasteiger partial charge on any atom is -0.383 e. The highest BCUT2D eigenvalue weighted by Gasteiger charge is 2.20. The van der Waals surface area contributed by atoms with Crippen molar-refractivity contribution in [2.24, 2.45) is 0 Å². The van der Waals surface area contributed by atoms with Gasteiger partial charge in [-0.2, -0.15) is 0 Å². The Balaban J connectivity index is 1.60. The molecule has 1 aliphatic heterocycles. The zero-order valence-corrected chi connectivity index (χ0v) is 18.7. The number of nitrogens with zero attached hydrogens (tertiary/aromatic N) is 3. The molecular formula is C20H25ClN6O2S. The summed E-state index contributed by atoms with van der Waals surface area (Å²) >= 11 is 7.14. The predicted molar refractivity (Wildman–Crippen MR) is 121 cm³/mol. The molecule has 0 aliphatic carbocycles. The lowest BCUT2D eigenvalue weighted by Gasteiger charge is -2.25. The minimum atomic E-state index is -0.156. The van der Waals surface area contributed by atoms with Gasteiger partial charge in [-0.15, -0.1) is 16.5 Å². The SMILES string of the molecule is COCCN(C)C(=N)c1ccc(N2C=C(CNC(=O)c3ccc(Cl)s3)NN2C)cc1. The Kier molecular flexibility index (Phi) is 7.33. The van der Waals surface area contributed by atoms with Gasteiger partial charge in [0.05, 0.1) is 33.7 Å². The van der Waals surface area contributed by atoms with Gasteiger partial charge in [0, 0.05) is 39.5 Å². The van der Waals surface area contributed by atoms with Gasteiger partial charge in [-0.25, -0.2) is 0 Å². The van der Waals surface area contributed by atoms with Crippen molar-refractivity contribution in [1.29, 1.82) is 5.41 Å². The smallest absolute Gasteiger partial charge is 0.261 e. The number of likely N-dealkylation sites (N-methyl/N-ethyl adjacent to an activating group) is 1. The second kappa shape index (κ2) is 9.94. The van der Waals surface area contributed by atoms with Crippen LogP contribution >= 0.6 is 22.9 Å². The van der Waals surface area contributed by atoms with Gasteiger partial charge in [0.2, 0.25) is 0 Å². The number of anilines is 1. The van der Waals surface area contributed by atoms with Crippen molar-refractivity contribution in [2.45, 2.75) is 0 Å². The molecule has 3 rings (SSSR count). The van der Waals surface area contributed by atoms with Gasteiger partial charge in [0.15, 0.2) is 0 Å². The lowest BCUT2D eigenvalue weighted by atomic mass is 10.1. The summed E-state index contributed by atoms with van der Waals surface area (Å²) < 4.78 is 5.66. The van der Waals surface area contributed by atoms with Gasteiger partial charge >= 0.3 is 0 Å². The van der Waals surface area contributed by atoms with E-state index in [1.165, 1.54) is 11.3 Å². The van der Waals surface area contributed by atoms with Crippen LogP contribution < -0.4 is 15.8 Å². The zero-order chi connectivity index (χ0) is 21.7. The first-order valence-corrected chi connectivity index (χ1v) is 10.5. The van der Waals surface area contributed by atoms with Crippen LogP contribution in [0, 0.1) is 5.41 Å². The molecule has 1 aromatic heterocycles. The Labute approximate surface area is 185 Å². The molecule has 0 saturated carbocycles. The van der Waals surface area contributed by atoms with Crippen LogP contribution in [0.15, 0.2) is 48.3 Å². The van der Waals surface area contributed by atoms with E-state index in [4.69, 9.17) is 21.7 Å². The second-order valence-electron chi connectivity index (χ2n) is 6.73. The van der Waals surface area contributed by atoms with Crippen molar-refractivity contribution in [3.05, 3.63) is 63.1 Å². The van der Waals surface area contributed by atoms with E-state index in [1.807, 2.05) is 59.6 Å². The first-order valence-electron chi connectivity index (χ1n) is 9.32. The largest absolute Gasteiger partial charge is 0.383 e. The number of hydrogen-bond acceptors (Lipinski definition) is 7. The van der Waals surface area contributed by atoms with Gasteiger partial charge in [0.25, 0.3) is 5.91 Å². The van der Waals surface area contributed by atoms with E-state index >= 15 is 0 Å². The third-order valence-electron chi connectivity index (χ3n) is 4.56. The van der Waals surface area contributed by atoms with Crippen LogP contribution in [0.25, 0.3) is 0 Å². The number of thiophene rings is 1. The molecule has 10 heteroatoms. The van der Waals surface area contributed by atoms with E-state index in [9.17, 15) is 4.79 Å². The highest BCUT2D eigenvalue weighted by atomic mass is 35.5. The van der Waals surface area contributed by atoms with E-state index in [2.05, 4.69) is 10.7 Å². The van der Waals surface area contributed by atoms with Crippen molar-refractivity contribution in [1.82, 2.24) is 20.8 Å². The summed E-state index contributed by atoms with van der Waals surface area (Å²) in [6.45, 7) is 1.60. The fraction of sp³-hybridized carbons (Fsp3) is 0.300. The molecule has 8 nitrogen and oxygen atoms in total. The number of carbonyl (C=O) groups excluding carboxylic acids is 1. The molecule has 160 valence electrons. The molecular weight excluding hydrogens is 424 g/mol. The Bertz CT molecular complexity index is 930. The highest BCUT2D eigenvalue weighted by Crippen LogP contribution is 2.22. The first kappa shape index (κ1) is 22.1. The van der Waals surface area contributed by atoms with Gasteiger partial charge < -0.3 is 20.4 Å². The molecule has 30 heavy (non-hydrogen) atoms. The minimum absolute atomic E-state index is 0.156. The molecule has 0 unspecified atom stereocenters. The maximum absolute atomic E-state index is 12.2. The number of ether oxygens (including phenoxy) is 1. The van der Waals surface area contributed by atoms with Crippen LogP contribution in [0.4, 0.5) is 5.69 Å². The van der Waals surface area contributed by atoms with Crippen LogP contribution in [0.2, 0.25) is 4.34 Å². The number of hydrogen-bond donors (Lipinski definition) is 3. The predicted octanol–water partition coefficient (Wildman–Crippen LogP) is 2.75. The standard InChI is InChI=1S/C20H25ClN6O2S/c1-25(10-11-29-3)19(22)14-4-6-16(7-5-14)27-13-15(24-26(27)2)12-23-20(28)17-8-9-18(21)30-17/h4-9,13,22,24H,10-12H2,1-3H3,(H,23,28). The number of methoxy groups -OCH3 is 1. The number of benzene rings is 1. The average Bonchev–Trinajstić information content (AvgIpc) is 3.35. The molecule has 1 amide bonds. The molecule has 3 N–H and O–H groups in total. The lowest BCUT2D eigenvalue weighted by Crippen LogP contribution is -2.40. The Morgan fingerprint density at radius 3 is 2.67 bits per heavy atom. The van der Waals surface area contributed by atoms with Crippen LogP contribution in [0.1, 0.15) is 15.2 Å². The van der Waals surface area contributed by atoms with Crippen molar-refractivity contribution >= 4 is 40.4 Å². The summed E-state index contributed by atoms with van der Waals surface area (Å²) in [7, 11) is 5.41. The fourth-order valence-corrected chi connectivity index (χ4v) is 3.85. The first-order chi connectivity index (χ1) is 14.4. The molecule has 0 spiro atoms. The summed E-state index contributed by atoms with van der Waals surface area (Å²) in [5.41, 5.74) is 5.83. The van der Waals surface area contributed by atoms with Crippen molar-refractivity contribution in [3.63, 3.8) is 0 Å². The third-order valence-corrected chi connectivity index (χ3v) is 5.79. The molecule has 0 bridgehead atoms. The molecule has 0 radical (unpaired) electrons. The van der Waals surface area contributed by atoms with E-state index in [-0.39, 0.29) is 5.91 Å². The van der Waals surface area contributed by atoms with Crippen LogP contribution in [-0.2, 0) is 4.74 Å². The summed E-state index contributed by atoms with van der Waals surface area (Å²) in [5.74, 6) is 0.287. The maximum Gasteiger partial charge on any atom is 0.261 e. The number of halogens is 1. The van der Waals surface area contributed by atoms with E-state index in [0.29, 0.717) is 34.7 Å². The number of rotatable bonds is 8. The number of nitrogens with one attached hydrogen (secondary N) is 3. The van der Waals surface area contributed by atoms with Gasteiger partial charge in [-0.05, 0) is 36.4 Å². The molecule has 2 aromatic rings. The zero-order valence-electron chi connectivity index (χ0n) is 17.1. The van der Waals surface area contributed by atoms with Crippen molar-refractivity contribution < 1.29 is 9.53 Å². The molecule has 0 fully saturated rings. The Hall–Kier alpha value is -2.59. The number of carbonyl (C=O) groups is 1. The Morgan fingerprint density at radius 2 is 2.03 bits per heavy atom. The quantitative estimate of drug-likeness (QED) is 0.425. The lowest BCUT2D eigenvalue weighted by molar-refractivity contribution is 0.0959. The summed E-state index contributed by atoms with van der Waals surface area (Å²) in [6, 6.07) is 11.2.